The molecule has 2 amide bonds. The second kappa shape index (κ2) is 6.22. The Morgan fingerprint density at radius 1 is 1.15 bits per heavy atom. The zero-order valence-electron chi connectivity index (χ0n) is 15.9. The van der Waals surface area contributed by atoms with Gasteiger partial charge < -0.3 is 9.80 Å². The van der Waals surface area contributed by atoms with Gasteiger partial charge in [0, 0.05) is 43.6 Å². The summed E-state index contributed by atoms with van der Waals surface area (Å²) in [4.78, 5) is 29.0. The first-order valence-electron chi connectivity index (χ1n) is 9.87. The van der Waals surface area contributed by atoms with Gasteiger partial charge in [-0.2, -0.15) is 0 Å². The molecule has 140 valence electrons. The smallest absolute Gasteiger partial charge is 0.326 e. The van der Waals surface area contributed by atoms with Gasteiger partial charge in [-0.25, -0.2) is 9.78 Å². The molecular formula is C21H25N5O. The molecule has 2 atom stereocenters. The van der Waals surface area contributed by atoms with Crippen molar-refractivity contribution in [2.75, 3.05) is 36.0 Å². The number of likely N-dealkylation sites (tertiary alicyclic amines) is 1. The van der Waals surface area contributed by atoms with Crippen LogP contribution in [0.25, 0.3) is 11.3 Å². The maximum Gasteiger partial charge on any atom is 0.326 e. The number of rotatable bonds is 1. The van der Waals surface area contributed by atoms with Crippen LogP contribution < -0.4 is 9.80 Å². The van der Waals surface area contributed by atoms with Gasteiger partial charge in [0.15, 0.2) is 5.82 Å². The van der Waals surface area contributed by atoms with E-state index < -0.39 is 0 Å². The molecule has 0 saturated carbocycles. The van der Waals surface area contributed by atoms with Crippen molar-refractivity contribution in [1.29, 1.82) is 0 Å². The fraction of sp³-hybridized carbons (Fsp3) is 0.476. The summed E-state index contributed by atoms with van der Waals surface area (Å²) < 4.78 is 0. The standard InChI is InChI=1S/C21H25N5O/c1-14-6-9-25(12-14)21(27)26-17-7-10-24(13-17)19-4-3-18(23-20(19)26)16-5-8-22-15(2)11-16/h3-5,8,11,14,17H,6-7,9-10,12-13H2,1-2H3/t14-,17?/m1/s1. The topological polar surface area (TPSA) is 52.6 Å². The number of pyridine rings is 2. The maximum absolute atomic E-state index is 13.4. The van der Waals surface area contributed by atoms with Crippen LogP contribution in [0.1, 0.15) is 25.5 Å². The minimum atomic E-state index is 0.128. The molecule has 0 radical (unpaired) electrons. The largest absolute Gasteiger partial charge is 0.366 e. The van der Waals surface area contributed by atoms with E-state index in [2.05, 4.69) is 28.9 Å². The van der Waals surface area contributed by atoms with E-state index in [9.17, 15) is 4.79 Å². The van der Waals surface area contributed by atoms with E-state index in [1.165, 1.54) is 0 Å². The van der Waals surface area contributed by atoms with Crippen molar-refractivity contribution in [1.82, 2.24) is 14.9 Å². The number of carbonyl (C=O) groups is 1. The van der Waals surface area contributed by atoms with Crippen molar-refractivity contribution in [3.05, 3.63) is 36.2 Å². The van der Waals surface area contributed by atoms with Gasteiger partial charge in [0.1, 0.15) is 0 Å². The van der Waals surface area contributed by atoms with Gasteiger partial charge in [-0.05, 0) is 49.9 Å². The number of fused-ring (bicyclic) bond motifs is 4. The van der Waals surface area contributed by atoms with Crippen LogP contribution in [0.3, 0.4) is 0 Å². The molecule has 0 aliphatic carbocycles. The van der Waals surface area contributed by atoms with Crippen molar-refractivity contribution < 1.29 is 4.79 Å². The molecule has 6 heteroatoms. The Morgan fingerprint density at radius 2 is 2.04 bits per heavy atom. The third-order valence-corrected chi connectivity index (χ3v) is 6.04. The minimum absolute atomic E-state index is 0.128. The monoisotopic (exact) mass is 363 g/mol. The van der Waals surface area contributed by atoms with E-state index in [1.54, 1.807) is 0 Å². The van der Waals surface area contributed by atoms with Gasteiger partial charge in [-0.1, -0.05) is 6.92 Å². The minimum Gasteiger partial charge on any atom is -0.366 e. The summed E-state index contributed by atoms with van der Waals surface area (Å²) in [6.07, 6.45) is 3.91. The first-order chi connectivity index (χ1) is 13.1. The number of nitrogens with zero attached hydrogens (tertiary/aromatic N) is 5. The molecule has 0 spiro atoms. The van der Waals surface area contributed by atoms with E-state index in [1.807, 2.05) is 35.1 Å². The highest BCUT2D eigenvalue weighted by Gasteiger charge is 2.42. The van der Waals surface area contributed by atoms with Gasteiger partial charge in [0.05, 0.1) is 17.4 Å². The number of hydrogen-bond donors (Lipinski definition) is 0. The van der Waals surface area contributed by atoms with Crippen molar-refractivity contribution in [2.24, 2.45) is 5.92 Å². The Labute approximate surface area is 159 Å². The average Bonchev–Trinajstić information content (AvgIpc) is 3.29. The highest BCUT2D eigenvalue weighted by Crippen LogP contribution is 2.41. The van der Waals surface area contributed by atoms with Gasteiger partial charge in [-0.3, -0.25) is 9.88 Å². The molecule has 5 rings (SSSR count). The van der Waals surface area contributed by atoms with Crippen LogP contribution in [-0.2, 0) is 0 Å². The fourth-order valence-electron chi connectivity index (χ4n) is 4.58. The SMILES string of the molecule is Cc1cc(-c2ccc3c(n2)N(C(=O)N2CC[C@@H](C)C2)C2CCN3C2)ccn1. The van der Waals surface area contributed by atoms with Crippen molar-refractivity contribution in [2.45, 2.75) is 32.7 Å². The van der Waals surface area contributed by atoms with Crippen LogP contribution in [-0.4, -0.2) is 53.1 Å². The van der Waals surface area contributed by atoms with Crippen LogP contribution in [0.15, 0.2) is 30.5 Å². The number of carbonyl (C=O) groups excluding carboxylic acids is 1. The van der Waals surface area contributed by atoms with E-state index >= 15 is 0 Å². The number of aryl methyl sites for hydroxylation is 1. The third-order valence-electron chi connectivity index (χ3n) is 6.04. The number of urea groups is 1. The summed E-state index contributed by atoms with van der Waals surface area (Å²) in [6.45, 7) is 7.82. The van der Waals surface area contributed by atoms with Gasteiger partial charge >= 0.3 is 6.03 Å². The zero-order chi connectivity index (χ0) is 18.5. The van der Waals surface area contributed by atoms with Crippen LogP contribution >= 0.6 is 0 Å². The highest BCUT2D eigenvalue weighted by atomic mass is 16.2. The van der Waals surface area contributed by atoms with Gasteiger partial charge in [0.25, 0.3) is 0 Å². The summed E-state index contributed by atoms with van der Waals surface area (Å²) in [5.74, 6) is 1.40. The summed E-state index contributed by atoms with van der Waals surface area (Å²) >= 11 is 0. The van der Waals surface area contributed by atoms with Crippen LogP contribution in [0.2, 0.25) is 0 Å². The molecule has 2 aromatic rings. The lowest BCUT2D eigenvalue weighted by atomic mass is 10.1. The molecule has 1 unspecified atom stereocenters. The zero-order valence-corrected chi connectivity index (χ0v) is 15.9. The molecule has 27 heavy (non-hydrogen) atoms. The predicted octanol–water partition coefficient (Wildman–Crippen LogP) is 3.31. The lowest BCUT2D eigenvalue weighted by molar-refractivity contribution is 0.211. The Kier molecular flexibility index (Phi) is 3.81. The second-order valence-electron chi connectivity index (χ2n) is 8.11. The lowest BCUT2D eigenvalue weighted by Gasteiger charge is -2.38. The summed E-state index contributed by atoms with van der Waals surface area (Å²) in [7, 11) is 0. The molecule has 2 aromatic heterocycles. The number of amides is 2. The van der Waals surface area contributed by atoms with E-state index in [0.717, 1.165) is 67.5 Å². The summed E-state index contributed by atoms with van der Waals surface area (Å²) in [5, 5.41) is 0. The second-order valence-corrected chi connectivity index (χ2v) is 8.11. The van der Waals surface area contributed by atoms with E-state index in [-0.39, 0.29) is 12.1 Å². The molecule has 6 nitrogen and oxygen atoms in total. The average molecular weight is 363 g/mol. The van der Waals surface area contributed by atoms with Crippen molar-refractivity contribution in [3.63, 3.8) is 0 Å². The Balaban J connectivity index is 1.56. The summed E-state index contributed by atoms with van der Waals surface area (Å²) in [5.41, 5.74) is 3.99. The molecule has 0 aromatic carbocycles. The van der Waals surface area contributed by atoms with E-state index in [0.29, 0.717) is 5.92 Å². The normalized spacial score (nSPS) is 23.7. The van der Waals surface area contributed by atoms with Crippen LogP contribution in [0.5, 0.6) is 0 Å². The molecule has 3 aliphatic heterocycles. The van der Waals surface area contributed by atoms with Crippen LogP contribution in [0, 0.1) is 12.8 Å². The predicted molar refractivity (Wildman–Crippen MR) is 106 cm³/mol. The van der Waals surface area contributed by atoms with E-state index in [4.69, 9.17) is 4.98 Å². The third kappa shape index (κ3) is 2.74. The Bertz CT molecular complexity index is 898. The molecule has 2 saturated heterocycles. The van der Waals surface area contributed by atoms with Gasteiger partial charge in [-0.15, -0.1) is 0 Å². The van der Waals surface area contributed by atoms with Crippen molar-refractivity contribution >= 4 is 17.5 Å². The first kappa shape index (κ1) is 16.5. The number of aromatic nitrogens is 2. The molecule has 5 heterocycles. The molecular weight excluding hydrogens is 338 g/mol. The van der Waals surface area contributed by atoms with Crippen LogP contribution in [0.4, 0.5) is 16.3 Å². The van der Waals surface area contributed by atoms with Gasteiger partial charge in [0.2, 0.25) is 0 Å². The van der Waals surface area contributed by atoms with Crippen molar-refractivity contribution in [3.8, 4) is 11.3 Å². The Hall–Kier alpha value is -2.63. The molecule has 0 N–H and O–H groups in total. The number of hydrogen-bond acceptors (Lipinski definition) is 4. The number of anilines is 2. The summed E-state index contributed by atoms with van der Waals surface area (Å²) in [6, 6.07) is 8.56. The first-order valence-corrected chi connectivity index (χ1v) is 9.87. The fourth-order valence-corrected chi connectivity index (χ4v) is 4.58. The quantitative estimate of drug-likeness (QED) is 0.780. The molecule has 2 bridgehead atoms. The molecule has 3 aliphatic rings. The lowest BCUT2D eigenvalue weighted by Crippen LogP contribution is -2.51. The highest BCUT2D eigenvalue weighted by molar-refractivity contribution is 5.97. The Morgan fingerprint density at radius 3 is 2.81 bits per heavy atom. The maximum atomic E-state index is 13.4. The molecule has 2 fully saturated rings.